The second kappa shape index (κ2) is 11.6. The number of nitrogens with zero attached hydrogens (tertiary/aromatic N) is 8. The molecule has 1 aliphatic heterocycles. The number of benzene rings is 1. The van der Waals surface area contributed by atoms with Gasteiger partial charge in [-0.15, -0.1) is 5.92 Å². The van der Waals surface area contributed by atoms with Crippen molar-refractivity contribution in [1.82, 2.24) is 28.7 Å². The Labute approximate surface area is 234 Å². The van der Waals surface area contributed by atoms with Crippen LogP contribution in [0.5, 0.6) is 0 Å². The molecule has 0 amide bonds. The van der Waals surface area contributed by atoms with Crippen molar-refractivity contribution in [3.8, 4) is 17.9 Å². The molecule has 41 heavy (non-hydrogen) atoms. The summed E-state index contributed by atoms with van der Waals surface area (Å²) < 4.78 is 8.86. The van der Waals surface area contributed by atoms with Crippen LogP contribution in [0.15, 0.2) is 33.9 Å². The topological polar surface area (TPSA) is 167 Å². The fourth-order valence-electron chi connectivity index (χ4n) is 5.06. The number of hydrogen-bond acceptors (Lipinski definition) is 10. The van der Waals surface area contributed by atoms with Crippen molar-refractivity contribution in [3.05, 3.63) is 56.6 Å². The van der Waals surface area contributed by atoms with Crippen LogP contribution in [0.4, 0.5) is 5.95 Å². The highest BCUT2D eigenvalue weighted by Crippen LogP contribution is 2.23. The Bertz CT molecular complexity index is 1870. The highest BCUT2D eigenvalue weighted by molar-refractivity contribution is 5.83. The lowest BCUT2D eigenvalue weighted by Gasteiger charge is -2.31. The Kier molecular flexibility index (Phi) is 7.81. The zero-order chi connectivity index (χ0) is 29.1. The average Bonchev–Trinajstić information content (AvgIpc) is 3.35. The van der Waals surface area contributed by atoms with Gasteiger partial charge in [-0.1, -0.05) is 18.1 Å². The number of esters is 1. The van der Waals surface area contributed by atoms with Crippen molar-refractivity contribution in [3.63, 3.8) is 0 Å². The number of imidazole rings is 1. The van der Waals surface area contributed by atoms with Crippen LogP contribution in [0.1, 0.15) is 38.2 Å². The van der Waals surface area contributed by atoms with Crippen LogP contribution in [0.2, 0.25) is 0 Å². The van der Waals surface area contributed by atoms with E-state index in [2.05, 4.69) is 27.9 Å². The van der Waals surface area contributed by atoms with Crippen LogP contribution >= 0.6 is 0 Å². The maximum absolute atomic E-state index is 14.0. The lowest BCUT2D eigenvalue weighted by molar-refractivity contribution is -0.143. The third kappa shape index (κ3) is 5.27. The molecule has 0 spiro atoms. The Balaban J connectivity index is 1.76. The van der Waals surface area contributed by atoms with Gasteiger partial charge < -0.3 is 15.4 Å². The second-order valence-corrected chi connectivity index (χ2v) is 9.63. The van der Waals surface area contributed by atoms with Gasteiger partial charge in [0, 0.05) is 24.5 Å². The second-order valence-electron chi connectivity index (χ2n) is 9.63. The summed E-state index contributed by atoms with van der Waals surface area (Å²) in [7, 11) is 0. The van der Waals surface area contributed by atoms with Crippen molar-refractivity contribution >= 4 is 34.0 Å². The van der Waals surface area contributed by atoms with Crippen molar-refractivity contribution in [2.75, 3.05) is 24.6 Å². The molecule has 1 fully saturated rings. The number of para-hydroxylation sites is 1. The van der Waals surface area contributed by atoms with E-state index in [9.17, 15) is 19.6 Å². The molecule has 1 unspecified atom stereocenters. The molecule has 4 aromatic rings. The lowest BCUT2D eigenvalue weighted by atomic mass is 10.1. The highest BCUT2D eigenvalue weighted by Gasteiger charge is 2.28. The molecule has 13 nitrogen and oxygen atoms in total. The van der Waals surface area contributed by atoms with Gasteiger partial charge in [0.2, 0.25) is 5.95 Å². The van der Waals surface area contributed by atoms with Crippen LogP contribution < -0.4 is 21.9 Å². The predicted octanol–water partition coefficient (Wildman–Crippen LogP) is 0.737. The number of piperidine rings is 1. The molecule has 0 aliphatic carbocycles. The van der Waals surface area contributed by atoms with Gasteiger partial charge in [-0.2, -0.15) is 10.2 Å². The maximum atomic E-state index is 14.0. The van der Waals surface area contributed by atoms with Gasteiger partial charge in [-0.05, 0) is 38.8 Å². The van der Waals surface area contributed by atoms with Gasteiger partial charge in [0.15, 0.2) is 22.7 Å². The fraction of sp³-hybridized carbons (Fsp3) is 0.393. The fourth-order valence-corrected chi connectivity index (χ4v) is 5.06. The minimum atomic E-state index is -0.779. The van der Waals surface area contributed by atoms with E-state index in [1.807, 2.05) is 4.90 Å². The van der Waals surface area contributed by atoms with E-state index >= 15 is 0 Å². The molecular formula is C28H29N9O4. The molecule has 1 saturated heterocycles. The minimum Gasteiger partial charge on any atom is -0.465 e. The molecule has 4 heterocycles. The van der Waals surface area contributed by atoms with Crippen LogP contribution in [-0.4, -0.2) is 60.4 Å². The van der Waals surface area contributed by atoms with E-state index in [1.54, 1.807) is 42.7 Å². The third-order valence-corrected chi connectivity index (χ3v) is 6.90. The van der Waals surface area contributed by atoms with Gasteiger partial charge in [0.25, 0.3) is 5.56 Å². The van der Waals surface area contributed by atoms with Crippen LogP contribution in [0, 0.1) is 23.2 Å². The first-order valence-corrected chi connectivity index (χ1v) is 13.3. The summed E-state index contributed by atoms with van der Waals surface area (Å²) in [6, 6.07) is 8.97. The van der Waals surface area contributed by atoms with E-state index in [0.29, 0.717) is 29.9 Å². The summed E-state index contributed by atoms with van der Waals surface area (Å²) in [5.41, 5.74) is 5.60. The standard InChI is InChI=1S/C28H29N9O4/c1-3-5-13-35-24-25(33-27(35)34-12-8-9-18(30)15-34)36(17-23(38)41-4-2)28(40)37(26(24)39)16-22-31-20-11-7-6-10-19(20)21(14-29)32-22/h6-7,10-11,18H,4,8-9,12-13,15-17,30H2,1-2H3. The molecule has 3 aromatic heterocycles. The molecule has 0 bridgehead atoms. The van der Waals surface area contributed by atoms with Gasteiger partial charge in [0.05, 0.1) is 25.2 Å². The Morgan fingerprint density at radius 3 is 2.71 bits per heavy atom. The number of carbonyl (C=O) groups is 1. The van der Waals surface area contributed by atoms with Gasteiger partial charge in [-0.25, -0.2) is 14.8 Å². The zero-order valence-corrected chi connectivity index (χ0v) is 22.8. The first-order valence-electron chi connectivity index (χ1n) is 13.3. The molecule has 13 heteroatoms. The molecule has 0 radical (unpaired) electrons. The van der Waals surface area contributed by atoms with E-state index in [0.717, 1.165) is 22.0 Å². The molecular weight excluding hydrogens is 526 g/mol. The van der Waals surface area contributed by atoms with Crippen molar-refractivity contribution in [2.45, 2.75) is 52.4 Å². The van der Waals surface area contributed by atoms with E-state index in [4.69, 9.17) is 15.5 Å². The van der Waals surface area contributed by atoms with E-state index in [1.165, 1.54) is 0 Å². The van der Waals surface area contributed by atoms with Crippen molar-refractivity contribution in [1.29, 1.82) is 5.26 Å². The zero-order valence-electron chi connectivity index (χ0n) is 22.8. The van der Waals surface area contributed by atoms with Crippen molar-refractivity contribution in [2.24, 2.45) is 5.73 Å². The number of fused-ring (bicyclic) bond motifs is 2. The summed E-state index contributed by atoms with van der Waals surface area (Å²) in [5, 5.41) is 10.2. The molecule has 2 N–H and O–H groups in total. The largest absolute Gasteiger partial charge is 0.465 e. The first kappa shape index (κ1) is 27.6. The SMILES string of the molecule is CC#CCn1c(N2CCCC(N)C2)nc2c1c(=O)n(Cc1nc(C#N)c3ccccc3n1)c(=O)n2CC(=O)OCC. The lowest BCUT2D eigenvalue weighted by Crippen LogP contribution is -2.44. The Morgan fingerprint density at radius 1 is 1.17 bits per heavy atom. The summed E-state index contributed by atoms with van der Waals surface area (Å²) >= 11 is 0. The monoisotopic (exact) mass is 555 g/mol. The molecule has 1 atom stereocenters. The quantitative estimate of drug-likeness (QED) is 0.254. The maximum Gasteiger partial charge on any atom is 0.333 e. The van der Waals surface area contributed by atoms with E-state index in [-0.39, 0.29) is 48.4 Å². The number of hydrogen-bond donors (Lipinski definition) is 1. The number of ether oxygens (including phenoxy) is 1. The average molecular weight is 556 g/mol. The van der Waals surface area contributed by atoms with Crippen LogP contribution in [0.3, 0.4) is 0 Å². The number of nitrogens with two attached hydrogens (primary N) is 1. The third-order valence-electron chi connectivity index (χ3n) is 6.90. The van der Waals surface area contributed by atoms with Crippen molar-refractivity contribution < 1.29 is 9.53 Å². The molecule has 210 valence electrons. The van der Waals surface area contributed by atoms with Crippen LogP contribution in [0.25, 0.3) is 22.1 Å². The van der Waals surface area contributed by atoms with Gasteiger partial charge >= 0.3 is 11.7 Å². The van der Waals surface area contributed by atoms with E-state index < -0.39 is 23.8 Å². The number of nitriles is 1. The number of anilines is 1. The smallest absolute Gasteiger partial charge is 0.333 e. The van der Waals surface area contributed by atoms with Gasteiger partial charge in [-0.3, -0.25) is 23.3 Å². The molecule has 0 saturated carbocycles. The Morgan fingerprint density at radius 2 is 1.98 bits per heavy atom. The normalized spacial score (nSPS) is 15.0. The summed E-state index contributed by atoms with van der Waals surface area (Å²) in [5.74, 6) is 5.72. The molecule has 1 aromatic carbocycles. The minimum absolute atomic E-state index is 0.0495. The van der Waals surface area contributed by atoms with Gasteiger partial charge in [0.1, 0.15) is 12.6 Å². The first-order chi connectivity index (χ1) is 19.9. The predicted molar refractivity (Wildman–Crippen MR) is 151 cm³/mol. The number of carbonyl (C=O) groups excluding carboxylic acids is 1. The Hall–Kier alpha value is -5.01. The number of rotatable bonds is 7. The summed E-state index contributed by atoms with van der Waals surface area (Å²) in [6.07, 6.45) is 1.70. The summed E-state index contributed by atoms with van der Waals surface area (Å²) in [6.45, 7) is 3.99. The highest BCUT2D eigenvalue weighted by atomic mass is 16.5. The van der Waals surface area contributed by atoms with Crippen LogP contribution in [-0.2, 0) is 29.2 Å². The number of aromatic nitrogens is 6. The summed E-state index contributed by atoms with van der Waals surface area (Å²) in [4.78, 5) is 55.9. The molecule has 5 rings (SSSR count). The molecule has 1 aliphatic rings.